The van der Waals surface area contributed by atoms with Gasteiger partial charge in [0.25, 0.3) is 0 Å². The molecule has 0 aliphatic heterocycles. The van der Waals surface area contributed by atoms with Gasteiger partial charge in [-0.15, -0.1) is 0 Å². The minimum atomic E-state index is -0.610. The molecule has 0 bridgehead atoms. The van der Waals surface area contributed by atoms with Gasteiger partial charge in [0.05, 0.1) is 17.4 Å². The lowest BCUT2D eigenvalue weighted by Gasteiger charge is -2.14. The quantitative estimate of drug-likeness (QED) is 0.178. The van der Waals surface area contributed by atoms with Crippen LogP contribution >= 0.6 is 0 Å². The highest BCUT2D eigenvalue weighted by Crippen LogP contribution is 2.24. The molecule has 4 aromatic rings. The summed E-state index contributed by atoms with van der Waals surface area (Å²) in [6.07, 6.45) is 11.7. The first-order chi connectivity index (χ1) is 17.4. The number of aryl methyl sites for hydroxylation is 1. The largest absolute Gasteiger partial charge is 0.392 e. The van der Waals surface area contributed by atoms with E-state index in [9.17, 15) is 14.7 Å². The van der Waals surface area contributed by atoms with Gasteiger partial charge in [-0.1, -0.05) is 115 Å². The van der Waals surface area contributed by atoms with Crippen molar-refractivity contribution in [2.24, 2.45) is 0 Å². The Bertz CT molecular complexity index is 1460. The summed E-state index contributed by atoms with van der Waals surface area (Å²) in [6, 6.07) is 24.2. The van der Waals surface area contributed by atoms with Crippen molar-refractivity contribution in [2.45, 2.75) is 20.0 Å². The van der Waals surface area contributed by atoms with Gasteiger partial charge < -0.3 is 10.4 Å². The Morgan fingerprint density at radius 3 is 1.64 bits per heavy atom. The third kappa shape index (κ3) is 6.23. The van der Waals surface area contributed by atoms with Crippen molar-refractivity contribution < 1.29 is 5.11 Å². The third-order valence-electron chi connectivity index (χ3n) is 5.85. The predicted molar refractivity (Wildman–Crippen MR) is 152 cm³/mol. The average Bonchev–Trinajstić information content (AvgIpc) is 2.89. The number of aliphatic hydroxyl groups is 1. The van der Waals surface area contributed by atoms with Crippen LogP contribution in [0.25, 0.3) is 35.4 Å². The van der Waals surface area contributed by atoms with Crippen LogP contribution in [-0.2, 0) is 0 Å². The number of allylic oxidation sites excluding steroid dienone is 2. The first kappa shape index (κ1) is 24.8. The highest BCUT2D eigenvalue weighted by Gasteiger charge is 2.22. The molecule has 0 aliphatic carbocycles. The summed E-state index contributed by atoms with van der Waals surface area (Å²) in [5, 5.41) is 12.3. The maximum atomic E-state index is 12.1. The average molecular weight is 476 g/mol. The van der Waals surface area contributed by atoms with Gasteiger partial charge >= 0.3 is 0 Å². The molecule has 2 N–H and O–H groups in total. The van der Waals surface area contributed by atoms with Crippen LogP contribution in [0.1, 0.15) is 34.7 Å². The van der Waals surface area contributed by atoms with Gasteiger partial charge in [0.2, 0.25) is 10.9 Å². The normalized spacial score (nSPS) is 12.8. The Hall–Kier alpha value is -4.28. The van der Waals surface area contributed by atoms with Gasteiger partial charge in [-0.2, -0.15) is 0 Å². The van der Waals surface area contributed by atoms with Gasteiger partial charge in [-0.3, -0.25) is 9.59 Å². The number of nitrogens with one attached hydrogen (secondary N) is 1. The Morgan fingerprint density at radius 1 is 0.694 bits per heavy atom. The maximum Gasteiger partial charge on any atom is 0.250 e. The van der Waals surface area contributed by atoms with Crippen LogP contribution in [0, 0.1) is 6.92 Å². The van der Waals surface area contributed by atoms with E-state index in [0.29, 0.717) is 11.1 Å². The molecule has 4 rings (SSSR count). The Morgan fingerprint density at radius 2 is 1.14 bits per heavy atom. The lowest BCUT2D eigenvalue weighted by Crippen LogP contribution is -2.37. The second-order valence-corrected chi connectivity index (χ2v) is 8.89. The van der Waals surface area contributed by atoms with E-state index < -0.39 is 17.0 Å². The first-order valence-electron chi connectivity index (χ1n) is 12.0. The topological polar surface area (TPSA) is 66.4 Å². The zero-order chi connectivity index (χ0) is 25.5. The van der Waals surface area contributed by atoms with Crippen LogP contribution < -0.4 is 16.2 Å². The Balaban J connectivity index is 1.36. The highest BCUT2D eigenvalue weighted by molar-refractivity contribution is 5.82. The second kappa shape index (κ2) is 11.4. The minimum absolute atomic E-state index is 0.220. The molecule has 36 heavy (non-hydrogen) atoms. The molecule has 4 nitrogen and oxygen atoms in total. The number of hydrogen-bond donors (Lipinski definition) is 2. The van der Waals surface area contributed by atoms with Crippen LogP contribution in [-0.4, -0.2) is 17.8 Å². The molecular weight excluding hydrogens is 446 g/mol. The summed E-state index contributed by atoms with van der Waals surface area (Å²) in [5.74, 6) is 0. The molecule has 0 saturated carbocycles. The predicted octanol–water partition coefficient (Wildman–Crippen LogP) is 5.95. The Kier molecular flexibility index (Phi) is 7.89. The highest BCUT2D eigenvalue weighted by atomic mass is 16.3. The molecule has 1 atom stereocenters. The maximum absolute atomic E-state index is 12.1. The van der Waals surface area contributed by atoms with E-state index in [2.05, 4.69) is 72.9 Å². The van der Waals surface area contributed by atoms with Crippen molar-refractivity contribution in [2.75, 3.05) is 11.9 Å². The van der Waals surface area contributed by atoms with Crippen molar-refractivity contribution in [1.29, 1.82) is 0 Å². The number of aliphatic hydroxyl groups excluding tert-OH is 1. The summed E-state index contributed by atoms with van der Waals surface area (Å²) in [7, 11) is 0. The third-order valence-corrected chi connectivity index (χ3v) is 5.85. The van der Waals surface area contributed by atoms with Gasteiger partial charge in [-0.05, 0) is 41.7 Å². The van der Waals surface area contributed by atoms with Crippen LogP contribution in [0.4, 0.5) is 5.69 Å². The number of hydrogen-bond acceptors (Lipinski definition) is 4. The number of benzene rings is 3. The smallest absolute Gasteiger partial charge is 0.250 e. The van der Waals surface area contributed by atoms with Crippen LogP contribution in [0.15, 0.2) is 94.5 Å². The van der Waals surface area contributed by atoms with Gasteiger partial charge in [-0.25, -0.2) is 0 Å². The van der Waals surface area contributed by atoms with Crippen molar-refractivity contribution in [3.8, 4) is 11.1 Å². The van der Waals surface area contributed by atoms with E-state index in [-0.39, 0.29) is 12.2 Å². The zero-order valence-corrected chi connectivity index (χ0v) is 20.4. The molecule has 4 aromatic carbocycles. The van der Waals surface area contributed by atoms with E-state index >= 15 is 0 Å². The minimum Gasteiger partial charge on any atom is -0.392 e. The van der Waals surface area contributed by atoms with Gasteiger partial charge in [0.15, 0.2) is 0 Å². The van der Waals surface area contributed by atoms with E-state index in [1.165, 1.54) is 11.1 Å². The SMILES string of the molecule is Cc1ccc(/C=C/C=C/c2ccc(/C=C/c3ccc(-c4c(NCC(C)O)c(=O)c4=O)cc3)cc2)cc1. The van der Waals surface area contributed by atoms with Crippen molar-refractivity contribution >= 4 is 30.0 Å². The molecule has 0 saturated heterocycles. The lowest BCUT2D eigenvalue weighted by atomic mass is 9.97. The Labute approximate surface area is 211 Å². The standard InChI is InChI=1S/C32H29NO3/c1-22-7-9-24(10-8-22)5-3-4-6-25-11-13-26(14-12-25)15-16-27-17-19-28(20-18-27)29-30(32(36)31(29)35)33-21-23(2)34/h3-20,23,33-34H,21H2,1-2H3/b5-3+,6-4+,16-15+. The monoisotopic (exact) mass is 475 g/mol. The molecule has 1 unspecified atom stereocenters. The fraction of sp³-hybridized carbons (Fsp3) is 0.125. The molecule has 0 spiro atoms. The van der Waals surface area contributed by atoms with E-state index in [1.807, 2.05) is 48.6 Å². The van der Waals surface area contributed by atoms with E-state index in [0.717, 1.165) is 16.7 Å². The van der Waals surface area contributed by atoms with Crippen LogP contribution in [0.2, 0.25) is 0 Å². The van der Waals surface area contributed by atoms with Crippen molar-refractivity contribution in [1.82, 2.24) is 0 Å². The molecule has 0 fully saturated rings. The van der Waals surface area contributed by atoms with E-state index in [1.54, 1.807) is 6.92 Å². The number of anilines is 1. The number of rotatable bonds is 9. The fourth-order valence-corrected chi connectivity index (χ4v) is 3.77. The molecule has 0 amide bonds. The van der Waals surface area contributed by atoms with E-state index in [4.69, 9.17) is 0 Å². The van der Waals surface area contributed by atoms with Crippen molar-refractivity contribution in [3.63, 3.8) is 0 Å². The van der Waals surface area contributed by atoms with Crippen molar-refractivity contribution in [3.05, 3.63) is 133 Å². The molecule has 180 valence electrons. The summed E-state index contributed by atoms with van der Waals surface area (Å²) in [5.41, 5.74) is 5.95. The summed E-state index contributed by atoms with van der Waals surface area (Å²) in [4.78, 5) is 23.9. The van der Waals surface area contributed by atoms with Gasteiger partial charge in [0.1, 0.15) is 0 Å². The molecule has 0 heterocycles. The molecule has 0 radical (unpaired) electrons. The molecule has 4 heteroatoms. The molecule has 0 aromatic heterocycles. The fourth-order valence-electron chi connectivity index (χ4n) is 3.77. The summed E-state index contributed by atoms with van der Waals surface area (Å²) >= 11 is 0. The second-order valence-electron chi connectivity index (χ2n) is 8.89. The zero-order valence-electron chi connectivity index (χ0n) is 20.4. The summed E-state index contributed by atoms with van der Waals surface area (Å²) in [6.45, 7) is 3.92. The van der Waals surface area contributed by atoms with Crippen LogP contribution in [0.5, 0.6) is 0 Å². The lowest BCUT2D eigenvalue weighted by molar-refractivity contribution is 0.208. The van der Waals surface area contributed by atoms with Crippen LogP contribution in [0.3, 0.4) is 0 Å². The van der Waals surface area contributed by atoms with Gasteiger partial charge in [0, 0.05) is 6.54 Å². The summed E-state index contributed by atoms with van der Waals surface area (Å²) < 4.78 is 0. The molecular formula is C32H29NO3. The molecule has 0 aliphatic rings. The first-order valence-corrected chi connectivity index (χ1v) is 12.0.